The first-order chi connectivity index (χ1) is 7.27. The Bertz CT molecular complexity index is 288. The summed E-state index contributed by atoms with van der Waals surface area (Å²) in [5.41, 5.74) is 0. The number of aromatic nitrogens is 3. The topological polar surface area (TPSA) is 34.0 Å². The molecule has 4 nitrogen and oxygen atoms in total. The van der Waals surface area contributed by atoms with Crippen LogP contribution in [0.4, 0.5) is 0 Å². The van der Waals surface area contributed by atoms with E-state index in [1.165, 1.54) is 19.4 Å². The van der Waals surface area contributed by atoms with Crippen LogP contribution in [-0.4, -0.2) is 43.6 Å². The zero-order chi connectivity index (χ0) is 10.7. The number of piperidine rings is 1. The van der Waals surface area contributed by atoms with Gasteiger partial charge in [0.05, 0.1) is 6.54 Å². The molecule has 1 fully saturated rings. The second-order valence-electron chi connectivity index (χ2n) is 4.09. The molecule has 0 N–H and O–H groups in total. The Morgan fingerprint density at radius 3 is 3.07 bits per heavy atom. The second kappa shape index (κ2) is 5.07. The van der Waals surface area contributed by atoms with Gasteiger partial charge in [0.2, 0.25) is 0 Å². The van der Waals surface area contributed by atoms with E-state index in [1.54, 1.807) is 12.7 Å². The van der Waals surface area contributed by atoms with Crippen LogP contribution >= 0.6 is 15.9 Å². The van der Waals surface area contributed by atoms with Crippen LogP contribution in [0.25, 0.3) is 0 Å². The third kappa shape index (κ3) is 2.78. The lowest BCUT2D eigenvalue weighted by molar-refractivity contribution is 0.160. The van der Waals surface area contributed by atoms with Gasteiger partial charge in [0, 0.05) is 17.4 Å². The van der Waals surface area contributed by atoms with E-state index in [-0.39, 0.29) is 0 Å². The zero-order valence-corrected chi connectivity index (χ0v) is 10.6. The molecule has 2 heterocycles. The molecule has 0 amide bonds. The Hall–Kier alpha value is -0.420. The summed E-state index contributed by atoms with van der Waals surface area (Å²) >= 11 is 3.74. The van der Waals surface area contributed by atoms with Gasteiger partial charge in [-0.1, -0.05) is 15.9 Å². The molecule has 1 aliphatic heterocycles. The maximum Gasteiger partial charge on any atom is 0.137 e. The van der Waals surface area contributed by atoms with Crippen LogP contribution in [0.5, 0.6) is 0 Å². The van der Waals surface area contributed by atoms with Crippen LogP contribution < -0.4 is 0 Å². The maximum atomic E-state index is 4.11. The summed E-state index contributed by atoms with van der Waals surface area (Å²) in [6, 6.07) is 0.627. The smallest absolute Gasteiger partial charge is 0.137 e. The Morgan fingerprint density at radius 2 is 2.33 bits per heavy atom. The summed E-state index contributed by atoms with van der Waals surface area (Å²) in [7, 11) is 0. The Balaban J connectivity index is 1.83. The number of hydrogen-bond acceptors (Lipinski definition) is 3. The highest BCUT2D eigenvalue weighted by Crippen LogP contribution is 2.23. The van der Waals surface area contributed by atoms with E-state index >= 15 is 0 Å². The number of halogens is 1. The molecule has 0 aromatic carbocycles. The fraction of sp³-hybridized carbons (Fsp3) is 0.800. The third-order valence-corrected chi connectivity index (χ3v) is 4.33. The van der Waals surface area contributed by atoms with E-state index in [1.807, 2.05) is 4.68 Å². The fourth-order valence-electron chi connectivity index (χ4n) is 2.06. The van der Waals surface area contributed by atoms with E-state index in [2.05, 4.69) is 37.8 Å². The highest BCUT2D eigenvalue weighted by atomic mass is 79.9. The van der Waals surface area contributed by atoms with Crippen molar-refractivity contribution in [3.8, 4) is 0 Å². The molecule has 2 unspecified atom stereocenters. The molecule has 5 heteroatoms. The predicted molar refractivity (Wildman–Crippen MR) is 63.0 cm³/mol. The van der Waals surface area contributed by atoms with Gasteiger partial charge in [0.25, 0.3) is 0 Å². The van der Waals surface area contributed by atoms with Crippen molar-refractivity contribution >= 4 is 15.9 Å². The lowest BCUT2D eigenvalue weighted by Gasteiger charge is -2.36. The summed E-state index contributed by atoms with van der Waals surface area (Å²) in [6.07, 6.45) is 5.95. The highest BCUT2D eigenvalue weighted by molar-refractivity contribution is 9.09. The quantitative estimate of drug-likeness (QED) is 0.783. The van der Waals surface area contributed by atoms with Gasteiger partial charge in [-0.05, 0) is 26.3 Å². The van der Waals surface area contributed by atoms with Crippen molar-refractivity contribution in [1.82, 2.24) is 19.7 Å². The van der Waals surface area contributed by atoms with Gasteiger partial charge in [0.1, 0.15) is 12.7 Å². The summed E-state index contributed by atoms with van der Waals surface area (Å²) in [6.45, 7) is 5.49. The SMILES string of the molecule is CC1C(Br)CCCN1CCn1cncn1. The monoisotopic (exact) mass is 272 g/mol. The summed E-state index contributed by atoms with van der Waals surface area (Å²) in [5, 5.41) is 4.11. The summed E-state index contributed by atoms with van der Waals surface area (Å²) < 4.78 is 1.89. The molecule has 15 heavy (non-hydrogen) atoms. The van der Waals surface area contributed by atoms with Gasteiger partial charge >= 0.3 is 0 Å². The molecule has 84 valence electrons. The first-order valence-corrected chi connectivity index (χ1v) is 6.39. The molecule has 2 atom stereocenters. The van der Waals surface area contributed by atoms with E-state index in [4.69, 9.17) is 0 Å². The molecular weight excluding hydrogens is 256 g/mol. The molecular formula is C10H17BrN4. The van der Waals surface area contributed by atoms with Crippen LogP contribution in [0.2, 0.25) is 0 Å². The van der Waals surface area contributed by atoms with Crippen molar-refractivity contribution in [2.45, 2.75) is 37.2 Å². The van der Waals surface area contributed by atoms with Crippen molar-refractivity contribution in [3.63, 3.8) is 0 Å². The van der Waals surface area contributed by atoms with Gasteiger partial charge in [-0.15, -0.1) is 0 Å². The van der Waals surface area contributed by atoms with Crippen molar-refractivity contribution in [1.29, 1.82) is 0 Å². The number of nitrogens with zero attached hydrogens (tertiary/aromatic N) is 4. The van der Waals surface area contributed by atoms with E-state index in [9.17, 15) is 0 Å². The fourth-order valence-corrected chi connectivity index (χ4v) is 2.72. The third-order valence-electron chi connectivity index (χ3n) is 3.11. The number of rotatable bonds is 3. The van der Waals surface area contributed by atoms with Gasteiger partial charge in [0.15, 0.2) is 0 Å². The van der Waals surface area contributed by atoms with Crippen LogP contribution in [-0.2, 0) is 6.54 Å². The first kappa shape index (κ1) is 11.1. The number of likely N-dealkylation sites (tertiary alicyclic amines) is 1. The van der Waals surface area contributed by atoms with Crippen LogP contribution in [0.3, 0.4) is 0 Å². The maximum absolute atomic E-state index is 4.11. The summed E-state index contributed by atoms with van der Waals surface area (Å²) in [4.78, 5) is 7.10. The normalized spacial score (nSPS) is 28.1. The van der Waals surface area contributed by atoms with Crippen LogP contribution in [0.1, 0.15) is 19.8 Å². The molecule has 0 aliphatic carbocycles. The van der Waals surface area contributed by atoms with Crippen molar-refractivity contribution in [2.24, 2.45) is 0 Å². The molecule has 0 radical (unpaired) electrons. The first-order valence-electron chi connectivity index (χ1n) is 5.48. The highest BCUT2D eigenvalue weighted by Gasteiger charge is 2.25. The molecule has 0 spiro atoms. The Labute approximate surface area is 98.8 Å². The molecule has 1 aliphatic rings. The molecule has 1 aromatic heterocycles. The number of hydrogen-bond donors (Lipinski definition) is 0. The van der Waals surface area contributed by atoms with Crippen LogP contribution in [0, 0.1) is 0 Å². The van der Waals surface area contributed by atoms with Crippen molar-refractivity contribution in [2.75, 3.05) is 13.1 Å². The molecule has 0 saturated carbocycles. The Kier molecular flexibility index (Phi) is 3.75. The predicted octanol–water partition coefficient (Wildman–Crippen LogP) is 1.53. The minimum absolute atomic E-state index is 0.627. The van der Waals surface area contributed by atoms with Crippen LogP contribution in [0.15, 0.2) is 12.7 Å². The minimum Gasteiger partial charge on any atom is -0.298 e. The molecule has 1 aromatic rings. The van der Waals surface area contributed by atoms with E-state index in [0.29, 0.717) is 10.9 Å². The molecule has 2 rings (SSSR count). The van der Waals surface area contributed by atoms with Gasteiger partial charge in [-0.25, -0.2) is 4.98 Å². The summed E-state index contributed by atoms with van der Waals surface area (Å²) in [5.74, 6) is 0. The van der Waals surface area contributed by atoms with Gasteiger partial charge < -0.3 is 0 Å². The van der Waals surface area contributed by atoms with Gasteiger partial charge in [-0.2, -0.15) is 5.10 Å². The average molecular weight is 273 g/mol. The second-order valence-corrected chi connectivity index (χ2v) is 5.27. The average Bonchev–Trinajstić information content (AvgIpc) is 2.73. The molecule has 1 saturated heterocycles. The Morgan fingerprint density at radius 1 is 1.47 bits per heavy atom. The lowest BCUT2D eigenvalue weighted by atomic mass is 10.0. The lowest BCUT2D eigenvalue weighted by Crippen LogP contribution is -2.45. The van der Waals surface area contributed by atoms with E-state index < -0.39 is 0 Å². The van der Waals surface area contributed by atoms with Crippen molar-refractivity contribution < 1.29 is 0 Å². The van der Waals surface area contributed by atoms with Crippen molar-refractivity contribution in [3.05, 3.63) is 12.7 Å². The van der Waals surface area contributed by atoms with Gasteiger partial charge in [-0.3, -0.25) is 9.58 Å². The standard InChI is InChI=1S/C10H17BrN4/c1-9-10(11)3-2-4-14(9)5-6-15-8-12-7-13-15/h7-10H,2-6H2,1H3. The van der Waals surface area contributed by atoms with E-state index in [0.717, 1.165) is 13.1 Å². The molecule has 0 bridgehead atoms. The zero-order valence-electron chi connectivity index (χ0n) is 9.01. The number of alkyl halides is 1. The largest absolute Gasteiger partial charge is 0.298 e. The minimum atomic E-state index is 0.627.